The molecule has 2 aliphatic rings. The molecule has 0 saturated carbocycles. The Kier molecular flexibility index (Phi) is 5.75. The molecule has 2 aliphatic heterocycles. The van der Waals surface area contributed by atoms with Crippen molar-refractivity contribution in [3.8, 4) is 11.1 Å². The van der Waals surface area contributed by atoms with Crippen LogP contribution in [-0.4, -0.2) is 52.7 Å². The van der Waals surface area contributed by atoms with E-state index in [-0.39, 0.29) is 18.6 Å². The average molecular weight is 423 g/mol. The minimum Gasteiger partial charge on any atom is -0.481 e. The molecule has 0 spiro atoms. The minimum atomic E-state index is -0.843. The van der Waals surface area contributed by atoms with Gasteiger partial charge in [0.25, 0.3) is 0 Å². The molecule has 0 bridgehead atoms. The molecule has 1 fully saturated rings. The Hall–Kier alpha value is -2.86. The van der Waals surface area contributed by atoms with Crippen LogP contribution in [0.4, 0.5) is 4.79 Å². The zero-order valence-corrected chi connectivity index (χ0v) is 18.7. The Morgan fingerprint density at radius 2 is 1.68 bits per heavy atom. The molecule has 2 heterocycles. The van der Waals surface area contributed by atoms with Crippen LogP contribution in [0.3, 0.4) is 0 Å². The van der Waals surface area contributed by atoms with Crippen LogP contribution in [0, 0.1) is 20.8 Å². The van der Waals surface area contributed by atoms with Crippen molar-refractivity contribution in [2.45, 2.75) is 53.3 Å². The highest BCUT2D eigenvalue weighted by Gasteiger charge is 2.33. The van der Waals surface area contributed by atoms with Crippen molar-refractivity contribution in [2.75, 3.05) is 19.7 Å². The lowest BCUT2D eigenvalue weighted by Crippen LogP contribution is -2.49. The van der Waals surface area contributed by atoms with Gasteiger partial charge in [0, 0.05) is 26.2 Å². The molecule has 0 aliphatic carbocycles. The molecular weight excluding hydrogens is 392 g/mol. The maximum absolute atomic E-state index is 13.2. The first-order valence-corrected chi connectivity index (χ1v) is 10.8. The predicted octanol–water partition coefficient (Wildman–Crippen LogP) is 4.06. The maximum atomic E-state index is 13.2. The Bertz CT molecular complexity index is 1030. The van der Waals surface area contributed by atoms with Gasteiger partial charge in [-0.1, -0.05) is 29.8 Å². The number of morpholine rings is 1. The number of urea groups is 1. The highest BCUT2D eigenvalue weighted by molar-refractivity contribution is 5.83. The maximum Gasteiger partial charge on any atom is 0.320 e. The standard InChI is InChI=1S/C25H30N2O4/c1-15-5-7-19(8-6-15)24-18(4)22-14-27(25(30)26-9-10-31-16(2)12-26)13-21(22)17(3)20(24)11-23(28)29/h5-8,16H,9-14H2,1-4H3,(H,28,29). The lowest BCUT2D eigenvalue weighted by Gasteiger charge is -2.34. The smallest absolute Gasteiger partial charge is 0.320 e. The number of ether oxygens (including phenoxy) is 1. The number of rotatable bonds is 3. The van der Waals surface area contributed by atoms with Crippen molar-refractivity contribution < 1.29 is 19.4 Å². The molecule has 1 saturated heterocycles. The summed E-state index contributed by atoms with van der Waals surface area (Å²) in [6.45, 7) is 10.9. The van der Waals surface area contributed by atoms with E-state index in [0.29, 0.717) is 32.8 Å². The van der Waals surface area contributed by atoms with Crippen molar-refractivity contribution in [1.82, 2.24) is 9.80 Å². The molecule has 4 rings (SSSR count). The zero-order chi connectivity index (χ0) is 22.3. The molecular formula is C25H30N2O4. The number of amides is 2. The summed E-state index contributed by atoms with van der Waals surface area (Å²) >= 11 is 0. The van der Waals surface area contributed by atoms with Crippen molar-refractivity contribution in [1.29, 1.82) is 0 Å². The van der Waals surface area contributed by atoms with Crippen LogP contribution in [-0.2, 0) is 29.0 Å². The molecule has 164 valence electrons. The van der Waals surface area contributed by atoms with E-state index >= 15 is 0 Å². The fourth-order valence-corrected chi connectivity index (χ4v) is 4.88. The van der Waals surface area contributed by atoms with Crippen molar-refractivity contribution in [3.63, 3.8) is 0 Å². The first-order chi connectivity index (χ1) is 14.8. The summed E-state index contributed by atoms with van der Waals surface area (Å²) < 4.78 is 5.58. The van der Waals surface area contributed by atoms with E-state index in [1.807, 2.05) is 30.6 Å². The van der Waals surface area contributed by atoms with Crippen LogP contribution in [0.15, 0.2) is 24.3 Å². The highest BCUT2D eigenvalue weighted by Crippen LogP contribution is 2.39. The average Bonchev–Trinajstić information content (AvgIpc) is 3.18. The largest absolute Gasteiger partial charge is 0.481 e. The van der Waals surface area contributed by atoms with Crippen LogP contribution in [0.5, 0.6) is 0 Å². The second-order valence-electron chi connectivity index (χ2n) is 8.76. The van der Waals surface area contributed by atoms with E-state index < -0.39 is 5.97 Å². The molecule has 0 aromatic heterocycles. The van der Waals surface area contributed by atoms with Crippen molar-refractivity contribution in [2.24, 2.45) is 0 Å². The van der Waals surface area contributed by atoms with Gasteiger partial charge >= 0.3 is 12.0 Å². The molecule has 1 N–H and O–H groups in total. The third kappa shape index (κ3) is 4.04. The van der Waals surface area contributed by atoms with Gasteiger partial charge in [-0.15, -0.1) is 0 Å². The van der Waals surface area contributed by atoms with E-state index in [0.717, 1.165) is 44.5 Å². The number of fused-ring (bicyclic) bond motifs is 1. The van der Waals surface area contributed by atoms with Crippen molar-refractivity contribution in [3.05, 3.63) is 57.6 Å². The quantitative estimate of drug-likeness (QED) is 0.810. The number of aryl methyl sites for hydroxylation is 1. The first kappa shape index (κ1) is 21.4. The fraction of sp³-hybridized carbons (Fsp3) is 0.440. The Labute approximate surface area is 183 Å². The summed E-state index contributed by atoms with van der Waals surface area (Å²) in [5.74, 6) is -0.843. The van der Waals surface area contributed by atoms with Gasteiger partial charge in [0.05, 0.1) is 19.1 Å². The lowest BCUT2D eigenvalue weighted by molar-refractivity contribution is -0.136. The third-order valence-electron chi connectivity index (χ3n) is 6.55. The molecule has 6 heteroatoms. The van der Waals surface area contributed by atoms with Gasteiger partial charge in [0.1, 0.15) is 0 Å². The molecule has 2 aromatic rings. The van der Waals surface area contributed by atoms with Crippen molar-refractivity contribution >= 4 is 12.0 Å². The Balaban J connectivity index is 1.74. The number of carbonyl (C=O) groups excluding carboxylic acids is 1. The van der Waals surface area contributed by atoms with E-state index in [1.165, 1.54) is 0 Å². The molecule has 2 amide bonds. The number of benzene rings is 2. The number of carboxylic acids is 1. The minimum absolute atomic E-state index is 0.0295. The third-order valence-corrected chi connectivity index (χ3v) is 6.55. The monoisotopic (exact) mass is 422 g/mol. The highest BCUT2D eigenvalue weighted by atomic mass is 16.5. The molecule has 1 atom stereocenters. The van der Waals surface area contributed by atoms with Gasteiger partial charge in [-0.05, 0) is 66.6 Å². The number of aliphatic carboxylic acids is 1. The molecule has 31 heavy (non-hydrogen) atoms. The number of carbonyl (C=O) groups is 2. The van der Waals surface area contributed by atoms with Gasteiger partial charge < -0.3 is 19.6 Å². The van der Waals surface area contributed by atoms with Gasteiger partial charge in [0.2, 0.25) is 0 Å². The summed E-state index contributed by atoms with van der Waals surface area (Å²) in [5.41, 5.74) is 8.34. The molecule has 6 nitrogen and oxygen atoms in total. The van der Waals surface area contributed by atoms with Crippen LogP contribution < -0.4 is 0 Å². The molecule has 2 aromatic carbocycles. The van der Waals surface area contributed by atoms with Gasteiger partial charge in [-0.25, -0.2) is 4.79 Å². The van der Waals surface area contributed by atoms with Crippen LogP contribution in [0.1, 0.15) is 40.3 Å². The molecule has 0 radical (unpaired) electrons. The number of hydrogen-bond donors (Lipinski definition) is 1. The second-order valence-corrected chi connectivity index (χ2v) is 8.76. The number of nitrogens with zero attached hydrogens (tertiary/aromatic N) is 2. The summed E-state index contributed by atoms with van der Waals surface area (Å²) in [4.78, 5) is 28.6. The summed E-state index contributed by atoms with van der Waals surface area (Å²) in [6.07, 6.45) is 0.0133. The van der Waals surface area contributed by atoms with Crippen LogP contribution in [0.2, 0.25) is 0 Å². The Morgan fingerprint density at radius 3 is 2.29 bits per heavy atom. The SMILES string of the molecule is Cc1ccc(-c2c(C)c3c(c(C)c2CC(=O)O)CN(C(=O)N2CCOC(C)C2)C3)cc1. The molecule has 1 unspecified atom stereocenters. The van der Waals surface area contributed by atoms with Crippen LogP contribution >= 0.6 is 0 Å². The van der Waals surface area contributed by atoms with E-state index in [4.69, 9.17) is 4.74 Å². The van der Waals surface area contributed by atoms with E-state index in [9.17, 15) is 14.7 Å². The number of hydrogen-bond acceptors (Lipinski definition) is 3. The topological polar surface area (TPSA) is 70.1 Å². The fourth-order valence-electron chi connectivity index (χ4n) is 4.88. The summed E-state index contributed by atoms with van der Waals surface area (Å²) in [6, 6.07) is 8.25. The van der Waals surface area contributed by atoms with E-state index in [2.05, 4.69) is 31.2 Å². The Morgan fingerprint density at radius 1 is 1.03 bits per heavy atom. The number of carboxylic acid groups (broad SMARTS) is 1. The van der Waals surface area contributed by atoms with Crippen LogP contribution in [0.25, 0.3) is 11.1 Å². The predicted molar refractivity (Wildman–Crippen MR) is 119 cm³/mol. The first-order valence-electron chi connectivity index (χ1n) is 10.8. The van der Waals surface area contributed by atoms with E-state index in [1.54, 1.807) is 0 Å². The second kappa shape index (κ2) is 8.35. The van der Waals surface area contributed by atoms with Gasteiger partial charge in [-0.3, -0.25) is 4.79 Å². The summed E-state index contributed by atoms with van der Waals surface area (Å²) in [7, 11) is 0. The summed E-state index contributed by atoms with van der Waals surface area (Å²) in [5, 5.41) is 9.60. The van der Waals surface area contributed by atoms with Gasteiger partial charge in [-0.2, -0.15) is 0 Å². The zero-order valence-electron chi connectivity index (χ0n) is 18.7. The van der Waals surface area contributed by atoms with Gasteiger partial charge in [0.15, 0.2) is 0 Å². The lowest BCUT2D eigenvalue weighted by atomic mass is 9.84. The normalized spacial score (nSPS) is 18.3.